The van der Waals surface area contributed by atoms with E-state index < -0.39 is 29.3 Å². The summed E-state index contributed by atoms with van der Waals surface area (Å²) >= 11 is 0. The van der Waals surface area contributed by atoms with Gasteiger partial charge in [0, 0.05) is 5.70 Å². The van der Waals surface area contributed by atoms with Crippen LogP contribution in [-0.4, -0.2) is 6.03 Å². The Morgan fingerprint density at radius 2 is 1.83 bits per heavy atom. The Bertz CT molecular complexity index is 688. The van der Waals surface area contributed by atoms with E-state index in [1.807, 2.05) is 26.0 Å². The molecule has 2 N–H and O–H groups in total. The molecule has 130 valence electrons. The van der Waals surface area contributed by atoms with E-state index in [2.05, 4.69) is 10.6 Å². The minimum atomic E-state index is -4.62. The minimum absolute atomic E-state index is 0.448. The second-order valence-corrected chi connectivity index (χ2v) is 5.03. The van der Waals surface area contributed by atoms with E-state index in [4.69, 9.17) is 0 Å². The average Bonchev–Trinajstić information content (AvgIpc) is 2.46. The Labute approximate surface area is 137 Å². The Balaban J connectivity index is 2.82. The summed E-state index contributed by atoms with van der Waals surface area (Å²) in [5.41, 5.74) is -0.196. The summed E-state index contributed by atoms with van der Waals surface area (Å²) in [5, 5.41) is 4.47. The van der Waals surface area contributed by atoms with Crippen molar-refractivity contribution in [2.24, 2.45) is 0 Å². The van der Waals surface area contributed by atoms with Gasteiger partial charge in [0.2, 0.25) is 0 Å². The first kappa shape index (κ1) is 19.5. The molecule has 24 heavy (non-hydrogen) atoms. The van der Waals surface area contributed by atoms with Crippen LogP contribution in [0.1, 0.15) is 26.3 Å². The summed E-state index contributed by atoms with van der Waals surface area (Å²) in [6.45, 7) is 5.33. The number of amides is 2. The number of urea groups is 1. The Morgan fingerprint density at radius 1 is 1.17 bits per heavy atom. The zero-order valence-electron chi connectivity index (χ0n) is 13.5. The van der Waals surface area contributed by atoms with Gasteiger partial charge >= 0.3 is 12.2 Å². The Kier molecular flexibility index (Phi) is 6.76. The van der Waals surface area contributed by atoms with E-state index in [0.29, 0.717) is 23.9 Å². The summed E-state index contributed by atoms with van der Waals surface area (Å²) < 4.78 is 51.4. The summed E-state index contributed by atoms with van der Waals surface area (Å²) in [7, 11) is 0. The van der Waals surface area contributed by atoms with Crippen LogP contribution in [0.5, 0.6) is 0 Å². The highest BCUT2D eigenvalue weighted by Gasteiger charge is 2.31. The average molecular weight is 342 g/mol. The zero-order chi connectivity index (χ0) is 18.3. The Morgan fingerprint density at radius 3 is 2.42 bits per heavy atom. The molecule has 1 aromatic rings. The number of halogens is 4. The Hall–Kier alpha value is -2.57. The van der Waals surface area contributed by atoms with E-state index in [-0.39, 0.29) is 0 Å². The van der Waals surface area contributed by atoms with Gasteiger partial charge in [-0.3, -0.25) is 0 Å². The number of rotatable bonds is 4. The maximum atomic E-state index is 13.6. The fourth-order valence-corrected chi connectivity index (χ4v) is 1.75. The number of carbonyl (C=O) groups excluding carboxylic acids is 1. The molecule has 0 aliphatic heterocycles. The van der Waals surface area contributed by atoms with Crippen molar-refractivity contribution in [1.29, 1.82) is 0 Å². The minimum Gasteiger partial charge on any atom is -0.312 e. The molecule has 0 heterocycles. The molecule has 0 saturated heterocycles. The summed E-state index contributed by atoms with van der Waals surface area (Å²) in [4.78, 5) is 11.8. The number of carbonyl (C=O) groups is 1. The van der Waals surface area contributed by atoms with Gasteiger partial charge in [-0.05, 0) is 45.0 Å². The number of nitrogens with one attached hydrogen (secondary N) is 2. The van der Waals surface area contributed by atoms with Crippen LogP contribution in [0.4, 0.5) is 28.0 Å². The van der Waals surface area contributed by atoms with Crippen LogP contribution in [-0.2, 0) is 6.18 Å². The molecular weight excluding hydrogens is 324 g/mol. The van der Waals surface area contributed by atoms with Gasteiger partial charge in [-0.15, -0.1) is 0 Å². The number of benzene rings is 1. The van der Waals surface area contributed by atoms with E-state index in [9.17, 15) is 22.4 Å². The fraction of sp³-hybridized carbons (Fsp3) is 0.235. The van der Waals surface area contributed by atoms with Crippen LogP contribution in [0, 0.1) is 5.82 Å². The van der Waals surface area contributed by atoms with E-state index >= 15 is 0 Å². The standard InChI is InChI=1S/C17H18F4N2O/c1-4-5-11(2)6-7-12(3)22-16(24)23-15-10-13(17(19,20)21)8-9-14(15)18/h4-10H,1-3H3,(H2,22,23,24)/b5-4-,11-6-,12-7+. The topological polar surface area (TPSA) is 41.1 Å². The van der Waals surface area contributed by atoms with Crippen LogP contribution in [0.25, 0.3) is 0 Å². The van der Waals surface area contributed by atoms with Gasteiger partial charge < -0.3 is 10.6 Å². The van der Waals surface area contributed by atoms with Crippen LogP contribution >= 0.6 is 0 Å². The van der Waals surface area contributed by atoms with Crippen LogP contribution in [0.2, 0.25) is 0 Å². The highest BCUT2D eigenvalue weighted by molar-refractivity contribution is 5.90. The zero-order valence-corrected chi connectivity index (χ0v) is 13.5. The molecule has 0 saturated carbocycles. The van der Waals surface area contributed by atoms with Gasteiger partial charge in [0.05, 0.1) is 11.3 Å². The van der Waals surface area contributed by atoms with Crippen molar-refractivity contribution in [2.75, 3.05) is 5.32 Å². The fourth-order valence-electron chi connectivity index (χ4n) is 1.75. The monoisotopic (exact) mass is 342 g/mol. The number of anilines is 1. The normalized spacial score (nSPS) is 13.3. The smallest absolute Gasteiger partial charge is 0.312 e. The second-order valence-electron chi connectivity index (χ2n) is 5.03. The van der Waals surface area contributed by atoms with E-state index in [0.717, 1.165) is 5.57 Å². The van der Waals surface area contributed by atoms with E-state index in [1.54, 1.807) is 19.1 Å². The van der Waals surface area contributed by atoms with Gasteiger partial charge in [0.25, 0.3) is 0 Å². The summed E-state index contributed by atoms with van der Waals surface area (Å²) in [5.74, 6) is -0.955. The molecule has 7 heteroatoms. The maximum absolute atomic E-state index is 13.6. The molecule has 0 aliphatic carbocycles. The van der Waals surface area contributed by atoms with E-state index in [1.165, 1.54) is 0 Å². The molecule has 0 bridgehead atoms. The molecular formula is C17H18F4N2O. The summed E-state index contributed by atoms with van der Waals surface area (Å²) in [6.07, 6.45) is 2.47. The third kappa shape index (κ3) is 6.28. The largest absolute Gasteiger partial charge is 0.416 e. The molecule has 3 nitrogen and oxygen atoms in total. The van der Waals surface area contributed by atoms with Gasteiger partial charge in [0.15, 0.2) is 0 Å². The quantitative estimate of drug-likeness (QED) is 0.559. The number of hydrogen-bond acceptors (Lipinski definition) is 1. The maximum Gasteiger partial charge on any atom is 0.416 e. The van der Waals surface area contributed by atoms with Crippen LogP contribution in [0.3, 0.4) is 0 Å². The van der Waals surface area contributed by atoms with Crippen molar-refractivity contribution in [3.8, 4) is 0 Å². The highest BCUT2D eigenvalue weighted by Crippen LogP contribution is 2.31. The van der Waals surface area contributed by atoms with Crippen molar-refractivity contribution >= 4 is 11.7 Å². The lowest BCUT2D eigenvalue weighted by Crippen LogP contribution is -2.27. The third-order valence-electron chi connectivity index (χ3n) is 2.88. The third-order valence-corrected chi connectivity index (χ3v) is 2.88. The van der Waals surface area contributed by atoms with Crippen molar-refractivity contribution < 1.29 is 22.4 Å². The van der Waals surface area contributed by atoms with Crippen LogP contribution in [0.15, 0.2) is 53.8 Å². The van der Waals surface area contributed by atoms with Gasteiger partial charge in [-0.1, -0.05) is 23.8 Å². The van der Waals surface area contributed by atoms with Gasteiger partial charge in [-0.2, -0.15) is 13.2 Å². The molecule has 0 aromatic heterocycles. The lowest BCUT2D eigenvalue weighted by Gasteiger charge is -2.11. The van der Waals surface area contributed by atoms with Crippen molar-refractivity contribution in [1.82, 2.24) is 5.32 Å². The lowest BCUT2D eigenvalue weighted by atomic mass is 10.2. The van der Waals surface area contributed by atoms with Gasteiger partial charge in [0.1, 0.15) is 5.82 Å². The second kappa shape index (κ2) is 8.33. The first-order valence-corrected chi connectivity index (χ1v) is 7.06. The predicted octanol–water partition coefficient (Wildman–Crippen LogP) is 5.39. The molecule has 0 atom stereocenters. The van der Waals surface area contributed by atoms with Crippen molar-refractivity contribution in [3.05, 3.63) is 65.2 Å². The molecule has 0 spiro atoms. The van der Waals surface area contributed by atoms with Crippen molar-refractivity contribution in [2.45, 2.75) is 26.9 Å². The first-order chi connectivity index (χ1) is 11.1. The lowest BCUT2D eigenvalue weighted by molar-refractivity contribution is -0.137. The molecule has 1 rings (SSSR count). The molecule has 1 aromatic carbocycles. The predicted molar refractivity (Wildman–Crippen MR) is 85.9 cm³/mol. The molecule has 0 unspecified atom stereocenters. The van der Waals surface area contributed by atoms with Gasteiger partial charge in [-0.25, -0.2) is 9.18 Å². The molecule has 0 fully saturated rings. The molecule has 2 amide bonds. The number of allylic oxidation sites excluding steroid dienone is 6. The summed E-state index contributed by atoms with van der Waals surface area (Å²) in [6, 6.07) is 0.978. The highest BCUT2D eigenvalue weighted by atomic mass is 19.4. The van der Waals surface area contributed by atoms with Crippen molar-refractivity contribution in [3.63, 3.8) is 0 Å². The molecule has 0 aliphatic rings. The number of alkyl halides is 3. The first-order valence-electron chi connectivity index (χ1n) is 7.06. The molecule has 0 radical (unpaired) electrons. The number of hydrogen-bond donors (Lipinski definition) is 2. The van der Waals surface area contributed by atoms with Crippen LogP contribution < -0.4 is 10.6 Å². The SMILES string of the molecule is C\C=C/C(C)=C\C=C(/C)NC(=O)Nc1cc(C(F)(F)F)ccc1F.